The van der Waals surface area contributed by atoms with E-state index in [2.05, 4.69) is 13.8 Å². The van der Waals surface area contributed by atoms with Crippen LogP contribution >= 0.6 is 0 Å². The summed E-state index contributed by atoms with van der Waals surface area (Å²) in [5.74, 6) is 0.586. The second-order valence-corrected chi connectivity index (χ2v) is 7.10. The Morgan fingerprint density at radius 3 is 2.62 bits per heavy atom. The summed E-state index contributed by atoms with van der Waals surface area (Å²) >= 11 is 0. The maximum Gasteiger partial charge on any atom is 0.306 e. The molecule has 16 heavy (non-hydrogen) atoms. The molecule has 0 radical (unpaired) electrons. The highest BCUT2D eigenvalue weighted by Crippen LogP contribution is 2.21. The summed E-state index contributed by atoms with van der Waals surface area (Å²) in [7, 11) is -2.88. The van der Waals surface area contributed by atoms with Crippen LogP contribution in [0.15, 0.2) is 0 Å². The van der Waals surface area contributed by atoms with E-state index in [4.69, 9.17) is 4.74 Å². The van der Waals surface area contributed by atoms with Crippen LogP contribution in [0, 0.1) is 11.8 Å². The number of esters is 1. The standard InChI is InChI=1S/C11H20O4S/c1-9(2)3-5-15-11(12)7-10-4-6-16(13,14)8-10/h9-10H,3-8H2,1-2H3. The molecule has 0 saturated carbocycles. The molecule has 1 atom stereocenters. The fraction of sp³-hybridized carbons (Fsp3) is 0.909. The lowest BCUT2D eigenvalue weighted by Gasteiger charge is -2.09. The first kappa shape index (κ1) is 13.5. The van der Waals surface area contributed by atoms with Gasteiger partial charge in [0.05, 0.1) is 18.1 Å². The van der Waals surface area contributed by atoms with E-state index < -0.39 is 9.84 Å². The number of rotatable bonds is 5. The van der Waals surface area contributed by atoms with Gasteiger partial charge in [-0.2, -0.15) is 0 Å². The minimum Gasteiger partial charge on any atom is -0.466 e. The van der Waals surface area contributed by atoms with Crippen LogP contribution in [0.25, 0.3) is 0 Å². The monoisotopic (exact) mass is 248 g/mol. The average molecular weight is 248 g/mol. The largest absolute Gasteiger partial charge is 0.466 e. The van der Waals surface area contributed by atoms with Gasteiger partial charge in [0.2, 0.25) is 0 Å². The molecule has 1 rings (SSSR count). The van der Waals surface area contributed by atoms with Crippen LogP contribution in [0.3, 0.4) is 0 Å². The molecule has 1 aliphatic heterocycles. The van der Waals surface area contributed by atoms with Gasteiger partial charge in [-0.3, -0.25) is 4.79 Å². The zero-order valence-corrected chi connectivity index (χ0v) is 10.8. The van der Waals surface area contributed by atoms with E-state index in [1.165, 1.54) is 0 Å². The molecule has 5 heteroatoms. The second kappa shape index (κ2) is 5.66. The molecule has 1 unspecified atom stereocenters. The molecule has 0 aliphatic carbocycles. The Morgan fingerprint density at radius 2 is 2.12 bits per heavy atom. The first-order valence-electron chi connectivity index (χ1n) is 5.75. The van der Waals surface area contributed by atoms with Crippen LogP contribution in [-0.2, 0) is 19.4 Å². The molecule has 0 amide bonds. The molecule has 1 fully saturated rings. The van der Waals surface area contributed by atoms with Gasteiger partial charge in [0.15, 0.2) is 9.84 Å². The smallest absolute Gasteiger partial charge is 0.306 e. The maximum atomic E-state index is 11.4. The normalized spacial score (nSPS) is 23.6. The predicted molar refractivity (Wildman–Crippen MR) is 61.8 cm³/mol. The summed E-state index contributed by atoms with van der Waals surface area (Å²) in [5.41, 5.74) is 0. The van der Waals surface area contributed by atoms with Crippen molar-refractivity contribution in [3.05, 3.63) is 0 Å². The first-order valence-corrected chi connectivity index (χ1v) is 7.57. The molecule has 0 aromatic carbocycles. The van der Waals surface area contributed by atoms with Crippen LogP contribution < -0.4 is 0 Å². The average Bonchev–Trinajstić information content (AvgIpc) is 2.44. The van der Waals surface area contributed by atoms with Gasteiger partial charge in [0.1, 0.15) is 0 Å². The van der Waals surface area contributed by atoms with E-state index in [0.29, 0.717) is 18.9 Å². The Morgan fingerprint density at radius 1 is 1.44 bits per heavy atom. The molecule has 0 aromatic heterocycles. The zero-order valence-electron chi connectivity index (χ0n) is 9.94. The summed E-state index contributed by atoms with van der Waals surface area (Å²) in [6.45, 7) is 4.57. The van der Waals surface area contributed by atoms with E-state index in [-0.39, 0.29) is 29.8 Å². The van der Waals surface area contributed by atoms with Crippen molar-refractivity contribution in [1.82, 2.24) is 0 Å². The van der Waals surface area contributed by atoms with Crippen molar-refractivity contribution in [1.29, 1.82) is 0 Å². The highest BCUT2D eigenvalue weighted by Gasteiger charge is 2.29. The number of carbonyl (C=O) groups is 1. The Bertz CT molecular complexity index is 332. The Kier molecular flexibility index (Phi) is 4.77. The van der Waals surface area contributed by atoms with E-state index in [1.54, 1.807) is 0 Å². The van der Waals surface area contributed by atoms with Gasteiger partial charge < -0.3 is 4.74 Å². The molecule has 94 valence electrons. The van der Waals surface area contributed by atoms with Crippen molar-refractivity contribution in [2.75, 3.05) is 18.1 Å². The first-order chi connectivity index (χ1) is 7.39. The van der Waals surface area contributed by atoms with Crippen LogP contribution in [0.1, 0.15) is 33.1 Å². The van der Waals surface area contributed by atoms with E-state index in [9.17, 15) is 13.2 Å². The van der Waals surface area contributed by atoms with E-state index in [0.717, 1.165) is 6.42 Å². The fourth-order valence-electron chi connectivity index (χ4n) is 1.74. The van der Waals surface area contributed by atoms with Crippen LogP contribution in [0.2, 0.25) is 0 Å². The van der Waals surface area contributed by atoms with E-state index >= 15 is 0 Å². The molecule has 1 heterocycles. The van der Waals surface area contributed by atoms with E-state index in [1.807, 2.05) is 0 Å². The van der Waals surface area contributed by atoms with Gasteiger partial charge >= 0.3 is 5.97 Å². The molecular weight excluding hydrogens is 228 g/mol. The number of hydrogen-bond donors (Lipinski definition) is 0. The van der Waals surface area contributed by atoms with Crippen molar-refractivity contribution in [2.45, 2.75) is 33.1 Å². The number of sulfone groups is 1. The van der Waals surface area contributed by atoms with Gasteiger partial charge in [-0.15, -0.1) is 0 Å². The van der Waals surface area contributed by atoms with Gasteiger partial charge in [0.25, 0.3) is 0 Å². The molecule has 1 aliphatic rings. The molecule has 0 aromatic rings. The predicted octanol–water partition coefficient (Wildman–Crippen LogP) is 1.40. The van der Waals surface area contributed by atoms with Crippen molar-refractivity contribution in [3.63, 3.8) is 0 Å². The lowest BCUT2D eigenvalue weighted by atomic mass is 10.1. The number of hydrogen-bond acceptors (Lipinski definition) is 4. The third kappa shape index (κ3) is 4.96. The van der Waals surface area contributed by atoms with Gasteiger partial charge in [-0.25, -0.2) is 8.42 Å². The van der Waals surface area contributed by atoms with Crippen molar-refractivity contribution in [3.8, 4) is 0 Å². The minimum atomic E-state index is -2.88. The highest BCUT2D eigenvalue weighted by atomic mass is 32.2. The summed E-state index contributed by atoms with van der Waals surface area (Å²) in [4.78, 5) is 11.4. The molecule has 0 spiro atoms. The van der Waals surface area contributed by atoms with Crippen molar-refractivity contribution < 1.29 is 17.9 Å². The third-order valence-electron chi connectivity index (χ3n) is 2.74. The minimum absolute atomic E-state index is 0.0310. The SMILES string of the molecule is CC(C)CCOC(=O)CC1CCS(=O)(=O)C1. The Balaban J connectivity index is 2.20. The molecule has 0 N–H and O–H groups in total. The lowest BCUT2D eigenvalue weighted by Crippen LogP contribution is -2.14. The molecular formula is C11H20O4S. The van der Waals surface area contributed by atoms with Crippen molar-refractivity contribution in [2.24, 2.45) is 11.8 Å². The molecule has 4 nitrogen and oxygen atoms in total. The fourth-order valence-corrected chi connectivity index (χ4v) is 3.60. The summed E-state index contributed by atoms with van der Waals surface area (Å²) in [6, 6.07) is 0. The maximum absolute atomic E-state index is 11.4. The lowest BCUT2D eigenvalue weighted by molar-refractivity contribution is -0.144. The Labute approximate surface area is 97.3 Å². The molecule has 1 saturated heterocycles. The topological polar surface area (TPSA) is 60.4 Å². The van der Waals surface area contributed by atoms with Gasteiger partial charge in [-0.1, -0.05) is 13.8 Å². The summed E-state index contributed by atoms with van der Waals surface area (Å²) < 4.78 is 27.4. The van der Waals surface area contributed by atoms with Crippen LogP contribution in [-0.4, -0.2) is 32.5 Å². The number of ether oxygens (including phenoxy) is 1. The highest BCUT2D eigenvalue weighted by molar-refractivity contribution is 7.91. The van der Waals surface area contributed by atoms with Gasteiger partial charge in [0, 0.05) is 6.42 Å². The summed E-state index contributed by atoms with van der Waals surface area (Å²) in [6.07, 6.45) is 1.70. The van der Waals surface area contributed by atoms with Crippen LogP contribution in [0.4, 0.5) is 0 Å². The number of carbonyl (C=O) groups excluding carboxylic acids is 1. The Hall–Kier alpha value is -0.580. The van der Waals surface area contributed by atoms with Crippen LogP contribution in [0.5, 0.6) is 0 Å². The zero-order chi connectivity index (χ0) is 12.2. The summed E-state index contributed by atoms with van der Waals surface area (Å²) in [5, 5.41) is 0. The second-order valence-electron chi connectivity index (χ2n) is 4.88. The van der Waals surface area contributed by atoms with Gasteiger partial charge in [-0.05, 0) is 24.7 Å². The third-order valence-corrected chi connectivity index (χ3v) is 4.58. The van der Waals surface area contributed by atoms with Crippen molar-refractivity contribution >= 4 is 15.8 Å². The quantitative estimate of drug-likeness (QED) is 0.690. The molecule has 0 bridgehead atoms.